The first-order chi connectivity index (χ1) is 15.5. The first-order valence-corrected chi connectivity index (χ1v) is 10.9. The summed E-state index contributed by atoms with van der Waals surface area (Å²) in [6.45, 7) is 5.72. The quantitative estimate of drug-likeness (QED) is 0.343. The normalized spacial score (nSPS) is 12.5. The van der Waals surface area contributed by atoms with Crippen LogP contribution in [0.15, 0.2) is 82.0 Å². The minimum absolute atomic E-state index is 0.306. The number of nitrogens with one attached hydrogen (secondary N) is 1. The molecule has 2 aromatic heterocycles. The van der Waals surface area contributed by atoms with Gasteiger partial charge in [0.25, 0.3) is 0 Å². The van der Waals surface area contributed by atoms with Gasteiger partial charge < -0.3 is 9.32 Å². The number of nitrogens with zero attached hydrogens (tertiary/aromatic N) is 2. The lowest BCUT2D eigenvalue weighted by Crippen LogP contribution is -3.06. The zero-order valence-corrected chi connectivity index (χ0v) is 18.6. The second-order valence-electron chi connectivity index (χ2n) is 8.46. The SMILES string of the molecule is Cc1nn(-c2ccccc2)c(C)c1C[NH+](C)Cc1cc(=O)oc2ccc3ccccc3c12. The maximum Gasteiger partial charge on any atom is 0.336 e. The van der Waals surface area contributed by atoms with Crippen molar-refractivity contribution in [2.75, 3.05) is 7.05 Å². The van der Waals surface area contributed by atoms with Crippen molar-refractivity contribution < 1.29 is 9.32 Å². The van der Waals surface area contributed by atoms with Crippen molar-refractivity contribution in [1.29, 1.82) is 0 Å². The third-order valence-corrected chi connectivity index (χ3v) is 6.13. The summed E-state index contributed by atoms with van der Waals surface area (Å²) in [5, 5.41) is 8.06. The Labute approximate surface area is 186 Å². The number of fused-ring (bicyclic) bond motifs is 3. The van der Waals surface area contributed by atoms with Gasteiger partial charge in [0.05, 0.1) is 29.7 Å². The van der Waals surface area contributed by atoms with E-state index in [0.717, 1.165) is 45.3 Å². The predicted molar refractivity (Wildman–Crippen MR) is 127 cm³/mol. The Morgan fingerprint density at radius 2 is 1.69 bits per heavy atom. The van der Waals surface area contributed by atoms with E-state index in [4.69, 9.17) is 9.52 Å². The second kappa shape index (κ2) is 8.09. The molecular weight excluding hydrogens is 398 g/mol. The molecule has 2 heterocycles. The maximum atomic E-state index is 12.3. The summed E-state index contributed by atoms with van der Waals surface area (Å²) in [4.78, 5) is 13.5. The second-order valence-corrected chi connectivity index (χ2v) is 8.46. The van der Waals surface area contributed by atoms with Crippen molar-refractivity contribution in [2.24, 2.45) is 0 Å². The van der Waals surface area contributed by atoms with Gasteiger partial charge in [0, 0.05) is 17.0 Å². The van der Waals surface area contributed by atoms with E-state index >= 15 is 0 Å². The number of aromatic nitrogens is 2. The highest BCUT2D eigenvalue weighted by atomic mass is 16.4. The molecule has 0 bridgehead atoms. The highest BCUT2D eigenvalue weighted by Gasteiger charge is 2.19. The Morgan fingerprint density at radius 3 is 2.50 bits per heavy atom. The highest BCUT2D eigenvalue weighted by molar-refractivity contribution is 6.06. The monoisotopic (exact) mass is 424 g/mol. The first kappa shape index (κ1) is 20.2. The molecule has 160 valence electrons. The van der Waals surface area contributed by atoms with Gasteiger partial charge in [-0.2, -0.15) is 5.10 Å². The highest BCUT2D eigenvalue weighted by Crippen LogP contribution is 2.27. The summed E-state index contributed by atoms with van der Waals surface area (Å²) in [5.74, 6) is 0. The van der Waals surface area contributed by atoms with Crippen molar-refractivity contribution in [2.45, 2.75) is 26.9 Å². The Balaban J connectivity index is 1.50. The average molecular weight is 425 g/mol. The molecule has 1 N–H and O–H groups in total. The third kappa shape index (κ3) is 3.61. The molecule has 5 heteroatoms. The fourth-order valence-electron chi connectivity index (χ4n) is 4.60. The van der Waals surface area contributed by atoms with Crippen LogP contribution in [0.5, 0.6) is 0 Å². The van der Waals surface area contributed by atoms with Gasteiger partial charge in [0.2, 0.25) is 0 Å². The van der Waals surface area contributed by atoms with Gasteiger partial charge in [-0.25, -0.2) is 9.48 Å². The molecule has 0 aliphatic rings. The van der Waals surface area contributed by atoms with Crippen LogP contribution >= 0.6 is 0 Å². The minimum Gasteiger partial charge on any atom is -0.423 e. The molecule has 0 fully saturated rings. The Bertz CT molecular complexity index is 1480. The van der Waals surface area contributed by atoms with E-state index in [1.165, 1.54) is 10.5 Å². The number of benzene rings is 3. The fraction of sp³-hybridized carbons (Fsp3) is 0.185. The first-order valence-electron chi connectivity index (χ1n) is 10.9. The largest absolute Gasteiger partial charge is 0.423 e. The summed E-state index contributed by atoms with van der Waals surface area (Å²) in [5.41, 5.74) is 5.84. The van der Waals surface area contributed by atoms with Crippen LogP contribution in [0.25, 0.3) is 27.4 Å². The molecule has 0 saturated carbocycles. The molecule has 0 aliphatic heterocycles. The van der Waals surface area contributed by atoms with Gasteiger partial charge in [-0.1, -0.05) is 48.5 Å². The van der Waals surface area contributed by atoms with E-state index in [1.807, 2.05) is 47.1 Å². The molecule has 5 nitrogen and oxygen atoms in total. The molecule has 5 aromatic rings. The van der Waals surface area contributed by atoms with E-state index in [1.54, 1.807) is 6.07 Å². The molecule has 0 spiro atoms. The van der Waals surface area contributed by atoms with Crippen molar-refractivity contribution in [3.63, 3.8) is 0 Å². The summed E-state index contributed by atoms with van der Waals surface area (Å²) < 4.78 is 7.53. The van der Waals surface area contributed by atoms with E-state index in [-0.39, 0.29) is 5.63 Å². The molecule has 0 amide bonds. The Morgan fingerprint density at radius 1 is 0.938 bits per heavy atom. The van der Waals surface area contributed by atoms with Crippen LogP contribution in [-0.2, 0) is 13.1 Å². The van der Waals surface area contributed by atoms with E-state index in [0.29, 0.717) is 12.1 Å². The van der Waals surface area contributed by atoms with Crippen LogP contribution < -0.4 is 10.5 Å². The van der Waals surface area contributed by atoms with Crippen LogP contribution in [0.2, 0.25) is 0 Å². The zero-order valence-electron chi connectivity index (χ0n) is 18.6. The summed E-state index contributed by atoms with van der Waals surface area (Å²) in [6, 6.07) is 24.0. The van der Waals surface area contributed by atoms with Crippen molar-refractivity contribution in [3.05, 3.63) is 106 Å². The van der Waals surface area contributed by atoms with Crippen LogP contribution in [-0.4, -0.2) is 16.8 Å². The van der Waals surface area contributed by atoms with Crippen molar-refractivity contribution >= 4 is 21.7 Å². The van der Waals surface area contributed by atoms with Gasteiger partial charge in [-0.05, 0) is 42.8 Å². The topological polar surface area (TPSA) is 52.5 Å². The standard InChI is InChI=1S/C27H25N3O2/c1-18-24(19(2)30(28-18)22-10-5-4-6-11-22)17-29(3)16-21-15-26(31)32-25-14-13-20-9-7-8-12-23(20)27(21)25/h4-15H,16-17H2,1-3H3/p+1. The summed E-state index contributed by atoms with van der Waals surface area (Å²) in [6.07, 6.45) is 0. The number of hydrogen-bond donors (Lipinski definition) is 1. The van der Waals surface area contributed by atoms with E-state index < -0.39 is 0 Å². The van der Waals surface area contributed by atoms with Gasteiger partial charge in [-0.3, -0.25) is 0 Å². The molecule has 0 aliphatic carbocycles. The third-order valence-electron chi connectivity index (χ3n) is 6.13. The summed E-state index contributed by atoms with van der Waals surface area (Å²) >= 11 is 0. The molecular formula is C27H26N3O2+. The Hall–Kier alpha value is -3.70. The maximum absolute atomic E-state index is 12.3. The lowest BCUT2D eigenvalue weighted by Gasteiger charge is -2.16. The van der Waals surface area contributed by atoms with Gasteiger partial charge >= 0.3 is 5.63 Å². The number of para-hydroxylation sites is 1. The van der Waals surface area contributed by atoms with Crippen LogP contribution in [0.4, 0.5) is 0 Å². The molecule has 5 rings (SSSR count). The van der Waals surface area contributed by atoms with Crippen LogP contribution in [0.3, 0.4) is 0 Å². The smallest absolute Gasteiger partial charge is 0.336 e. The number of rotatable bonds is 5. The minimum atomic E-state index is -0.306. The zero-order chi connectivity index (χ0) is 22.2. The van der Waals surface area contributed by atoms with Crippen LogP contribution in [0.1, 0.15) is 22.5 Å². The number of hydrogen-bond acceptors (Lipinski definition) is 3. The molecule has 0 saturated heterocycles. The van der Waals surface area contributed by atoms with Crippen molar-refractivity contribution in [1.82, 2.24) is 9.78 Å². The summed E-state index contributed by atoms with van der Waals surface area (Å²) in [7, 11) is 2.16. The molecule has 3 aromatic carbocycles. The van der Waals surface area contributed by atoms with Gasteiger partial charge in [0.15, 0.2) is 0 Å². The predicted octanol–water partition coefficient (Wildman–Crippen LogP) is 3.96. The molecule has 32 heavy (non-hydrogen) atoms. The van der Waals surface area contributed by atoms with E-state index in [2.05, 4.69) is 45.2 Å². The molecule has 1 atom stereocenters. The Kier molecular flexibility index (Phi) is 5.11. The van der Waals surface area contributed by atoms with Crippen molar-refractivity contribution in [3.8, 4) is 5.69 Å². The van der Waals surface area contributed by atoms with Gasteiger partial charge in [0.1, 0.15) is 18.7 Å². The lowest BCUT2D eigenvalue weighted by atomic mass is 10.0. The van der Waals surface area contributed by atoms with Crippen LogP contribution in [0, 0.1) is 13.8 Å². The van der Waals surface area contributed by atoms with E-state index in [9.17, 15) is 4.79 Å². The number of aryl methyl sites for hydroxylation is 1. The lowest BCUT2D eigenvalue weighted by molar-refractivity contribution is -0.907. The molecule has 0 radical (unpaired) electrons. The molecule has 1 unspecified atom stereocenters. The average Bonchev–Trinajstić information content (AvgIpc) is 3.07. The number of quaternary nitrogens is 1. The fourth-order valence-corrected chi connectivity index (χ4v) is 4.60. The van der Waals surface area contributed by atoms with Gasteiger partial charge in [-0.15, -0.1) is 0 Å².